The summed E-state index contributed by atoms with van der Waals surface area (Å²) in [6.45, 7) is 7.19. The first-order chi connectivity index (χ1) is 14.1. The molecule has 0 atom stereocenters. The van der Waals surface area contributed by atoms with Crippen LogP contribution in [0.5, 0.6) is 0 Å². The topological polar surface area (TPSA) is 79.0 Å². The molecular weight excluding hydrogens is 479 g/mol. The van der Waals surface area contributed by atoms with Gasteiger partial charge >= 0.3 is 23.9 Å². The van der Waals surface area contributed by atoms with Gasteiger partial charge in [0.1, 0.15) is 0 Å². The molecule has 1 amide bonds. The average Bonchev–Trinajstić information content (AvgIpc) is 2.80. The molecular formula is C24H28N4OSn. The van der Waals surface area contributed by atoms with Crippen LogP contribution in [0, 0.1) is 18.2 Å². The fourth-order valence-corrected chi connectivity index (χ4v) is 1.69. The van der Waals surface area contributed by atoms with E-state index in [0.29, 0.717) is 0 Å². The number of amides is 1. The molecule has 5 nitrogen and oxygen atoms in total. The molecule has 0 aromatic heterocycles. The standard InChI is InChI=1S/C6H13NO.3C6H5.N3.Sn/c1-4-7(5-2)6(3)8;3*1-2-4-6-5-3-1;1-3-2;/h4-5H2,1-3H3;3*1-5H;;/q;4*-1;+4. The summed E-state index contributed by atoms with van der Waals surface area (Å²) in [5.41, 5.74) is 13.5. The fraction of sp³-hybridized carbons (Fsp3) is 0.208. The summed E-state index contributed by atoms with van der Waals surface area (Å²) in [6.07, 6.45) is 0. The number of benzene rings is 3. The number of carbonyl (C=O) groups is 1. The first kappa shape index (κ1) is 31.9. The van der Waals surface area contributed by atoms with E-state index in [1.807, 2.05) is 105 Å². The van der Waals surface area contributed by atoms with Crippen LogP contribution in [-0.2, 0) is 4.79 Å². The maximum Gasteiger partial charge on any atom is 4.00 e. The second kappa shape index (κ2) is 28.4. The van der Waals surface area contributed by atoms with E-state index in [4.69, 9.17) is 11.1 Å². The molecule has 30 heavy (non-hydrogen) atoms. The Bertz CT molecular complexity index is 548. The van der Waals surface area contributed by atoms with E-state index in [0.717, 1.165) is 13.1 Å². The first-order valence-electron chi connectivity index (χ1n) is 9.11. The summed E-state index contributed by atoms with van der Waals surface area (Å²) >= 11 is 0. The van der Waals surface area contributed by atoms with Crippen molar-refractivity contribution in [1.29, 1.82) is 0 Å². The molecule has 6 heteroatoms. The molecule has 0 unspecified atom stereocenters. The Morgan fingerprint density at radius 2 is 0.933 bits per heavy atom. The van der Waals surface area contributed by atoms with Crippen molar-refractivity contribution in [2.75, 3.05) is 13.1 Å². The van der Waals surface area contributed by atoms with E-state index in [-0.39, 0.29) is 29.8 Å². The maximum atomic E-state index is 10.5. The number of rotatable bonds is 2. The van der Waals surface area contributed by atoms with Gasteiger partial charge in [0.25, 0.3) is 0 Å². The van der Waals surface area contributed by atoms with Crippen molar-refractivity contribution in [2.24, 2.45) is 0 Å². The van der Waals surface area contributed by atoms with Crippen molar-refractivity contribution in [3.8, 4) is 0 Å². The molecule has 0 N–H and O–H groups in total. The van der Waals surface area contributed by atoms with E-state index in [1.54, 1.807) is 11.8 Å². The SMILES string of the molecule is CCN(CC)C(C)=O.[N-]=[N+]=[N-].[Sn+4].[c-]1ccccc1.[c-]1ccccc1.[c-]1ccccc1. The molecule has 0 bridgehead atoms. The number of hydrogen-bond donors (Lipinski definition) is 0. The van der Waals surface area contributed by atoms with Gasteiger partial charge in [-0.15, -0.1) is 0 Å². The van der Waals surface area contributed by atoms with Crippen LogP contribution >= 0.6 is 0 Å². The summed E-state index contributed by atoms with van der Waals surface area (Å²) in [5.74, 6) is 0.162. The summed E-state index contributed by atoms with van der Waals surface area (Å²) in [4.78, 5) is 13.8. The van der Waals surface area contributed by atoms with E-state index >= 15 is 0 Å². The zero-order valence-corrected chi connectivity index (χ0v) is 20.6. The second-order valence-corrected chi connectivity index (χ2v) is 5.01. The van der Waals surface area contributed by atoms with Gasteiger partial charge < -0.3 is 16.0 Å². The quantitative estimate of drug-likeness (QED) is 0.142. The zero-order valence-electron chi connectivity index (χ0n) is 17.8. The predicted molar refractivity (Wildman–Crippen MR) is 125 cm³/mol. The van der Waals surface area contributed by atoms with Crippen LogP contribution in [0.15, 0.2) is 91.0 Å². The van der Waals surface area contributed by atoms with Gasteiger partial charge in [0, 0.05) is 20.0 Å². The summed E-state index contributed by atoms with van der Waals surface area (Å²) in [5, 5.41) is 0. The molecule has 0 aliphatic rings. The Kier molecular flexibility index (Phi) is 30.3. The van der Waals surface area contributed by atoms with Crippen molar-refractivity contribution in [1.82, 2.24) is 4.90 Å². The third-order valence-electron chi connectivity index (χ3n) is 3.03. The van der Waals surface area contributed by atoms with Crippen molar-refractivity contribution >= 4 is 29.8 Å². The molecule has 0 spiro atoms. The Morgan fingerprint density at radius 1 is 0.700 bits per heavy atom. The molecule has 0 aliphatic carbocycles. The third kappa shape index (κ3) is 27.5. The number of nitrogens with zero attached hydrogens (tertiary/aromatic N) is 4. The van der Waals surface area contributed by atoms with E-state index in [9.17, 15) is 4.79 Å². The van der Waals surface area contributed by atoms with Gasteiger partial charge in [-0.05, 0) is 13.8 Å². The Morgan fingerprint density at radius 3 is 0.967 bits per heavy atom. The van der Waals surface area contributed by atoms with Gasteiger partial charge in [0.15, 0.2) is 0 Å². The fourth-order valence-electron chi connectivity index (χ4n) is 1.69. The van der Waals surface area contributed by atoms with Gasteiger partial charge in [-0.2, -0.15) is 109 Å². The van der Waals surface area contributed by atoms with Gasteiger partial charge in [-0.1, -0.05) is 0 Å². The molecule has 3 aromatic rings. The average molecular weight is 507 g/mol. The van der Waals surface area contributed by atoms with Crippen molar-refractivity contribution in [2.45, 2.75) is 20.8 Å². The van der Waals surface area contributed by atoms with Crippen LogP contribution in [0.2, 0.25) is 0 Å². The predicted octanol–water partition coefficient (Wildman–Crippen LogP) is 5.82. The van der Waals surface area contributed by atoms with Crippen LogP contribution in [-0.4, -0.2) is 47.8 Å². The maximum absolute atomic E-state index is 10.5. The third-order valence-corrected chi connectivity index (χ3v) is 3.03. The van der Waals surface area contributed by atoms with Crippen molar-refractivity contribution in [3.63, 3.8) is 0 Å². The minimum absolute atomic E-state index is 0. The molecule has 0 aliphatic heterocycles. The molecule has 154 valence electrons. The Hall–Kier alpha value is -2.76. The van der Waals surface area contributed by atoms with Crippen LogP contribution in [0.4, 0.5) is 0 Å². The minimum Gasteiger partial charge on any atom is -0.373 e. The van der Waals surface area contributed by atoms with Crippen molar-refractivity contribution < 1.29 is 4.79 Å². The van der Waals surface area contributed by atoms with Gasteiger partial charge in [0.05, 0.1) is 0 Å². The number of carbonyl (C=O) groups excluding carboxylic acids is 1. The van der Waals surface area contributed by atoms with E-state index in [1.165, 1.54) is 4.91 Å². The van der Waals surface area contributed by atoms with E-state index in [2.05, 4.69) is 18.2 Å². The smallest absolute Gasteiger partial charge is 0.373 e. The second-order valence-electron chi connectivity index (χ2n) is 5.01. The normalized spacial score (nSPS) is 7.43. The molecule has 0 saturated heterocycles. The molecule has 3 aromatic carbocycles. The van der Waals surface area contributed by atoms with Crippen LogP contribution in [0.1, 0.15) is 20.8 Å². The molecule has 0 radical (unpaired) electrons. The van der Waals surface area contributed by atoms with Gasteiger partial charge in [-0.25, -0.2) is 0 Å². The summed E-state index contributed by atoms with van der Waals surface area (Å²) < 4.78 is 0. The minimum atomic E-state index is 0. The van der Waals surface area contributed by atoms with Crippen LogP contribution < -0.4 is 0 Å². The van der Waals surface area contributed by atoms with Crippen LogP contribution in [0.3, 0.4) is 0 Å². The summed E-state index contributed by atoms with van der Waals surface area (Å²) in [7, 11) is 0. The monoisotopic (exact) mass is 508 g/mol. The molecule has 0 heterocycles. The molecule has 0 saturated carbocycles. The first-order valence-corrected chi connectivity index (χ1v) is 9.11. The van der Waals surface area contributed by atoms with Gasteiger partial charge in [-0.3, -0.25) is 9.71 Å². The Balaban J connectivity index is -0.000000308. The zero-order chi connectivity index (χ0) is 22.0. The largest absolute Gasteiger partial charge is 4.00 e. The van der Waals surface area contributed by atoms with E-state index < -0.39 is 0 Å². The van der Waals surface area contributed by atoms with Crippen molar-refractivity contribution in [3.05, 3.63) is 125 Å². The molecule has 0 fully saturated rings. The molecule has 3 rings (SSSR count). The number of hydrogen-bond acceptors (Lipinski definition) is 1. The Labute approximate surface area is 198 Å². The van der Waals surface area contributed by atoms with Crippen LogP contribution in [0.25, 0.3) is 16.0 Å². The van der Waals surface area contributed by atoms with Gasteiger partial charge in [0.2, 0.25) is 5.91 Å². The summed E-state index contributed by atoms with van der Waals surface area (Å²) in [6, 6.07) is 37.5.